The zero-order valence-corrected chi connectivity index (χ0v) is 11.9. The molecule has 1 rings (SSSR count). The molecule has 17 heavy (non-hydrogen) atoms. The van der Waals surface area contributed by atoms with Crippen molar-refractivity contribution >= 4 is 39.0 Å². The fraction of sp³-hybridized carbons (Fsp3) is 0.417. The molecule has 0 N–H and O–H groups in total. The normalized spacial score (nSPS) is 10.3. The summed E-state index contributed by atoms with van der Waals surface area (Å²) in [6.45, 7) is 0. The zero-order chi connectivity index (χ0) is 12.7. The van der Waals surface area contributed by atoms with E-state index in [2.05, 4.69) is 0 Å². The number of ketones is 1. The number of hydrogen-bond acceptors (Lipinski definition) is 3. The van der Waals surface area contributed by atoms with E-state index in [1.54, 1.807) is 25.3 Å². The minimum Gasteiger partial charge on any atom is -0.496 e. The lowest BCUT2D eigenvalue weighted by atomic mass is 10.1. The third-order valence-corrected chi connectivity index (χ3v) is 3.61. The van der Waals surface area contributed by atoms with Crippen molar-refractivity contribution < 1.29 is 9.53 Å². The Bertz CT molecular complexity index is 383. The molecule has 0 radical (unpaired) electrons. The number of carbonyl (C=O) groups is 1. The fourth-order valence-electron chi connectivity index (χ4n) is 1.43. The van der Waals surface area contributed by atoms with Crippen LogP contribution >= 0.6 is 33.3 Å². The zero-order valence-electron chi connectivity index (χ0n) is 9.54. The second kappa shape index (κ2) is 7.85. The molecule has 1 aromatic rings. The Balaban J connectivity index is 2.74. The molecule has 1 aromatic carbocycles. The minimum absolute atomic E-state index is 0.115. The smallest absolute Gasteiger partial charge is 0.162 e. The number of alkyl halides is 1. The molecule has 0 saturated carbocycles. The van der Waals surface area contributed by atoms with Crippen molar-refractivity contribution in [2.75, 3.05) is 13.0 Å². The highest BCUT2D eigenvalue weighted by molar-refractivity contribution is 8.21. The Kier molecular flexibility index (Phi) is 6.78. The summed E-state index contributed by atoms with van der Waals surface area (Å²) < 4.78 is 5.14. The van der Waals surface area contributed by atoms with Crippen molar-refractivity contribution in [3.63, 3.8) is 0 Å². The second-order valence-electron chi connectivity index (χ2n) is 3.51. The van der Waals surface area contributed by atoms with Gasteiger partial charge in [-0.2, -0.15) is 0 Å². The van der Waals surface area contributed by atoms with Gasteiger partial charge in [-0.1, -0.05) is 0 Å². The van der Waals surface area contributed by atoms with Gasteiger partial charge in [0.15, 0.2) is 5.78 Å². The molecule has 0 saturated heterocycles. The minimum atomic E-state index is 0.115. The van der Waals surface area contributed by atoms with E-state index >= 15 is 0 Å². The van der Waals surface area contributed by atoms with Gasteiger partial charge in [-0.05, 0) is 52.7 Å². The van der Waals surface area contributed by atoms with Crippen LogP contribution in [0.3, 0.4) is 0 Å². The number of unbranched alkanes of at least 4 members (excludes halogenated alkanes) is 1. The summed E-state index contributed by atoms with van der Waals surface area (Å²) in [5, 5.41) is 0. The van der Waals surface area contributed by atoms with Crippen LogP contribution in [-0.4, -0.2) is 18.8 Å². The van der Waals surface area contributed by atoms with E-state index < -0.39 is 0 Å². The van der Waals surface area contributed by atoms with Gasteiger partial charge in [-0.3, -0.25) is 4.79 Å². The molecule has 0 unspecified atom stereocenters. The number of rotatable bonds is 7. The van der Waals surface area contributed by atoms with E-state index in [4.69, 9.17) is 27.0 Å². The lowest BCUT2D eigenvalue weighted by Crippen LogP contribution is -2.00. The monoisotopic (exact) mass is 292 g/mol. The molecule has 0 aromatic heterocycles. The molecule has 0 spiro atoms. The first-order chi connectivity index (χ1) is 8.22. The van der Waals surface area contributed by atoms with Crippen LogP contribution < -0.4 is 4.74 Å². The maximum atomic E-state index is 11.9. The van der Waals surface area contributed by atoms with Crippen LogP contribution in [0.1, 0.15) is 29.6 Å². The van der Waals surface area contributed by atoms with Crippen molar-refractivity contribution in [2.45, 2.75) is 24.2 Å². The van der Waals surface area contributed by atoms with Crippen LogP contribution in [0.2, 0.25) is 0 Å². The SMILES string of the molecule is COc1ccc(C(=O)CCCCCl)cc1SCl. The average Bonchev–Trinajstić information content (AvgIpc) is 2.38. The molecule has 0 aliphatic heterocycles. The summed E-state index contributed by atoms with van der Waals surface area (Å²) in [6, 6.07) is 5.29. The predicted molar refractivity (Wildman–Crippen MR) is 73.6 cm³/mol. The van der Waals surface area contributed by atoms with Crippen LogP contribution in [0.4, 0.5) is 0 Å². The maximum Gasteiger partial charge on any atom is 0.162 e. The molecule has 0 atom stereocenters. The summed E-state index contributed by atoms with van der Waals surface area (Å²) in [4.78, 5) is 12.6. The molecule has 2 nitrogen and oxygen atoms in total. The first-order valence-corrected chi connectivity index (χ1v) is 7.46. The molecule has 5 heteroatoms. The van der Waals surface area contributed by atoms with E-state index in [-0.39, 0.29) is 5.78 Å². The first kappa shape index (κ1) is 14.7. The van der Waals surface area contributed by atoms with Crippen molar-refractivity contribution in [3.05, 3.63) is 23.8 Å². The summed E-state index contributed by atoms with van der Waals surface area (Å²) in [5.74, 6) is 1.39. The number of ether oxygens (including phenoxy) is 1. The quantitative estimate of drug-likeness (QED) is 0.419. The van der Waals surface area contributed by atoms with Gasteiger partial charge in [0, 0.05) is 17.9 Å². The van der Waals surface area contributed by atoms with Crippen molar-refractivity contribution in [2.24, 2.45) is 0 Å². The lowest BCUT2D eigenvalue weighted by Gasteiger charge is -2.07. The van der Waals surface area contributed by atoms with Gasteiger partial charge >= 0.3 is 0 Å². The molecule has 0 bridgehead atoms. The molecule has 0 fully saturated rings. The average molecular weight is 293 g/mol. The number of carbonyl (C=O) groups excluding carboxylic acids is 1. The van der Waals surface area contributed by atoms with Gasteiger partial charge in [0.25, 0.3) is 0 Å². The third kappa shape index (κ3) is 4.41. The lowest BCUT2D eigenvalue weighted by molar-refractivity contribution is 0.0979. The third-order valence-electron chi connectivity index (χ3n) is 2.36. The number of halogens is 2. The number of hydrogen-bond donors (Lipinski definition) is 0. The largest absolute Gasteiger partial charge is 0.496 e. The van der Waals surface area contributed by atoms with Gasteiger partial charge in [-0.15, -0.1) is 11.6 Å². The number of benzene rings is 1. The summed E-state index contributed by atoms with van der Waals surface area (Å²) in [5.41, 5.74) is 0.670. The second-order valence-corrected chi connectivity index (χ2v) is 4.95. The van der Waals surface area contributed by atoms with Gasteiger partial charge < -0.3 is 4.74 Å². The Morgan fingerprint density at radius 3 is 2.76 bits per heavy atom. The van der Waals surface area contributed by atoms with E-state index in [1.807, 2.05) is 0 Å². The highest BCUT2D eigenvalue weighted by Crippen LogP contribution is 2.32. The number of methoxy groups -OCH3 is 1. The molecule has 0 heterocycles. The highest BCUT2D eigenvalue weighted by Gasteiger charge is 2.10. The molecular formula is C12H14Cl2O2S. The predicted octanol–water partition coefficient (Wildman–Crippen LogP) is 4.53. The van der Waals surface area contributed by atoms with Crippen LogP contribution in [0, 0.1) is 0 Å². The topological polar surface area (TPSA) is 26.3 Å². The summed E-state index contributed by atoms with van der Waals surface area (Å²) in [6.07, 6.45) is 2.20. The number of Topliss-reactive ketones (excluding diaryl/α,β-unsaturated/α-hetero) is 1. The Hall–Kier alpha value is -0.380. The van der Waals surface area contributed by atoms with Gasteiger partial charge in [0.05, 0.1) is 12.0 Å². The van der Waals surface area contributed by atoms with Crippen molar-refractivity contribution in [3.8, 4) is 5.75 Å². The van der Waals surface area contributed by atoms with Crippen LogP contribution in [-0.2, 0) is 0 Å². The maximum absolute atomic E-state index is 11.9. The van der Waals surface area contributed by atoms with E-state index in [1.165, 1.54) is 0 Å². The van der Waals surface area contributed by atoms with Crippen molar-refractivity contribution in [1.82, 2.24) is 0 Å². The summed E-state index contributed by atoms with van der Waals surface area (Å²) in [7, 11) is 8.35. The molecule has 94 valence electrons. The van der Waals surface area contributed by atoms with Crippen LogP contribution in [0.15, 0.2) is 23.1 Å². The van der Waals surface area contributed by atoms with Gasteiger partial charge in [0.1, 0.15) is 5.75 Å². The van der Waals surface area contributed by atoms with E-state index in [0.29, 0.717) is 23.6 Å². The van der Waals surface area contributed by atoms with E-state index in [9.17, 15) is 4.79 Å². The summed E-state index contributed by atoms with van der Waals surface area (Å²) >= 11 is 5.57. The molecule has 0 amide bonds. The van der Waals surface area contributed by atoms with Gasteiger partial charge in [-0.25, -0.2) is 0 Å². The molecule has 0 aliphatic rings. The Labute approximate surface area is 115 Å². The molecular weight excluding hydrogens is 279 g/mol. The Morgan fingerprint density at radius 2 is 2.18 bits per heavy atom. The Morgan fingerprint density at radius 1 is 1.41 bits per heavy atom. The standard InChI is InChI=1S/C12H14Cl2O2S/c1-16-11-6-5-9(8-12(11)17-14)10(15)4-2-3-7-13/h5-6,8H,2-4,7H2,1H3. The van der Waals surface area contributed by atoms with Gasteiger partial charge in [0.2, 0.25) is 0 Å². The first-order valence-electron chi connectivity index (χ1n) is 5.28. The van der Waals surface area contributed by atoms with Crippen LogP contribution in [0.25, 0.3) is 0 Å². The fourth-order valence-corrected chi connectivity index (χ4v) is 2.38. The van der Waals surface area contributed by atoms with Crippen molar-refractivity contribution in [1.29, 1.82) is 0 Å². The highest BCUT2D eigenvalue weighted by atomic mass is 35.7. The molecule has 0 aliphatic carbocycles. The van der Waals surface area contributed by atoms with E-state index in [0.717, 1.165) is 28.7 Å². The van der Waals surface area contributed by atoms with Crippen LogP contribution in [0.5, 0.6) is 5.75 Å².